The van der Waals surface area contributed by atoms with Gasteiger partial charge in [-0.3, -0.25) is 10.1 Å². The number of rotatable bonds is 6. The summed E-state index contributed by atoms with van der Waals surface area (Å²) in [6.45, 7) is 1.80. The summed E-state index contributed by atoms with van der Waals surface area (Å²) in [5.74, 6) is -0.407. The molecule has 0 unspecified atom stereocenters. The van der Waals surface area contributed by atoms with Crippen LogP contribution in [0.4, 0.5) is 5.69 Å². The van der Waals surface area contributed by atoms with Crippen LogP contribution in [-0.2, 0) is 16.2 Å². The number of benzene rings is 2. The van der Waals surface area contributed by atoms with Gasteiger partial charge in [0.2, 0.25) is 0 Å². The molecule has 0 saturated heterocycles. The SMILES string of the molecule is COC(=O)c1ccc(/C=N/OCc2cccc([N+](=O)[O-])c2C)cc1. The molecule has 0 saturated carbocycles. The maximum absolute atomic E-state index is 11.3. The second-order valence-electron chi connectivity index (χ2n) is 4.94. The fourth-order valence-corrected chi connectivity index (χ4v) is 2.05. The standard InChI is InChI=1S/C17H16N2O5/c1-12-15(4-3-5-16(12)19(21)22)11-24-18-10-13-6-8-14(9-7-13)17(20)23-2/h3-10H,11H2,1-2H3/b18-10+. The summed E-state index contributed by atoms with van der Waals surface area (Å²) in [6.07, 6.45) is 1.49. The first-order chi connectivity index (χ1) is 11.5. The van der Waals surface area contributed by atoms with Crippen LogP contribution in [0.15, 0.2) is 47.6 Å². The van der Waals surface area contributed by atoms with Gasteiger partial charge in [0.05, 0.1) is 23.8 Å². The van der Waals surface area contributed by atoms with Gasteiger partial charge in [0.25, 0.3) is 5.69 Å². The van der Waals surface area contributed by atoms with Gasteiger partial charge in [0.15, 0.2) is 0 Å². The quantitative estimate of drug-likeness (QED) is 0.351. The van der Waals surface area contributed by atoms with Gasteiger partial charge in [-0.1, -0.05) is 29.4 Å². The topological polar surface area (TPSA) is 91.0 Å². The third-order valence-corrected chi connectivity index (χ3v) is 3.44. The maximum atomic E-state index is 11.3. The molecule has 124 valence electrons. The van der Waals surface area contributed by atoms with Gasteiger partial charge in [-0.05, 0) is 24.6 Å². The summed E-state index contributed by atoms with van der Waals surface area (Å²) in [5.41, 5.74) is 2.50. The summed E-state index contributed by atoms with van der Waals surface area (Å²) in [6, 6.07) is 11.5. The van der Waals surface area contributed by atoms with Crippen molar-refractivity contribution in [2.24, 2.45) is 5.16 Å². The lowest BCUT2D eigenvalue weighted by Gasteiger charge is -2.04. The summed E-state index contributed by atoms with van der Waals surface area (Å²) in [7, 11) is 1.32. The van der Waals surface area contributed by atoms with Crippen molar-refractivity contribution < 1.29 is 19.3 Å². The zero-order chi connectivity index (χ0) is 17.5. The number of carbonyl (C=O) groups is 1. The highest BCUT2D eigenvalue weighted by atomic mass is 16.6. The molecule has 2 aromatic carbocycles. The van der Waals surface area contributed by atoms with E-state index in [0.717, 1.165) is 5.56 Å². The molecule has 2 aromatic rings. The first kappa shape index (κ1) is 17.1. The van der Waals surface area contributed by atoms with E-state index in [2.05, 4.69) is 9.89 Å². The van der Waals surface area contributed by atoms with Gasteiger partial charge in [-0.2, -0.15) is 0 Å². The molecular weight excluding hydrogens is 312 g/mol. The minimum absolute atomic E-state index is 0.0541. The van der Waals surface area contributed by atoms with Crippen molar-refractivity contribution in [2.75, 3.05) is 7.11 Å². The predicted octanol–water partition coefficient (Wildman–Crippen LogP) is 3.24. The van der Waals surface area contributed by atoms with Gasteiger partial charge in [0, 0.05) is 17.2 Å². The second-order valence-corrected chi connectivity index (χ2v) is 4.94. The van der Waals surface area contributed by atoms with E-state index in [-0.39, 0.29) is 12.3 Å². The van der Waals surface area contributed by atoms with E-state index in [1.165, 1.54) is 19.4 Å². The third kappa shape index (κ3) is 4.16. The molecule has 0 amide bonds. The van der Waals surface area contributed by atoms with Crippen LogP contribution < -0.4 is 0 Å². The highest BCUT2D eigenvalue weighted by Gasteiger charge is 2.13. The lowest BCUT2D eigenvalue weighted by Crippen LogP contribution is -2.00. The number of hydrogen-bond acceptors (Lipinski definition) is 6. The number of methoxy groups -OCH3 is 1. The summed E-state index contributed by atoms with van der Waals surface area (Å²) < 4.78 is 4.62. The Morgan fingerprint density at radius 2 is 1.96 bits per heavy atom. The number of ether oxygens (including phenoxy) is 1. The normalized spacial score (nSPS) is 10.6. The van der Waals surface area contributed by atoms with Gasteiger partial charge in [-0.15, -0.1) is 0 Å². The monoisotopic (exact) mass is 328 g/mol. The second kappa shape index (κ2) is 7.87. The molecular formula is C17H16N2O5. The number of nitro benzene ring substituents is 1. The van der Waals surface area contributed by atoms with E-state index in [4.69, 9.17) is 4.84 Å². The Kier molecular flexibility index (Phi) is 5.62. The van der Waals surface area contributed by atoms with Crippen LogP contribution in [0.2, 0.25) is 0 Å². The molecule has 2 rings (SSSR count). The highest BCUT2D eigenvalue weighted by molar-refractivity contribution is 5.90. The zero-order valence-corrected chi connectivity index (χ0v) is 13.3. The molecule has 24 heavy (non-hydrogen) atoms. The van der Waals surface area contributed by atoms with Crippen LogP contribution in [-0.4, -0.2) is 24.2 Å². The van der Waals surface area contributed by atoms with Crippen molar-refractivity contribution in [1.82, 2.24) is 0 Å². The van der Waals surface area contributed by atoms with Crippen LogP contribution in [0.1, 0.15) is 27.0 Å². The molecule has 0 atom stereocenters. The number of hydrogen-bond donors (Lipinski definition) is 0. The van der Waals surface area contributed by atoms with Gasteiger partial charge < -0.3 is 9.57 Å². The van der Waals surface area contributed by atoms with E-state index in [1.807, 2.05) is 0 Å². The molecule has 0 aliphatic rings. The first-order valence-corrected chi connectivity index (χ1v) is 7.09. The van der Waals surface area contributed by atoms with Crippen molar-refractivity contribution in [3.63, 3.8) is 0 Å². The molecule has 0 fully saturated rings. The number of oxime groups is 1. The summed E-state index contributed by atoms with van der Waals surface area (Å²) in [4.78, 5) is 27.0. The molecule has 0 bridgehead atoms. The number of nitro groups is 1. The lowest BCUT2D eigenvalue weighted by molar-refractivity contribution is -0.385. The Bertz CT molecular complexity index is 769. The average Bonchev–Trinajstić information content (AvgIpc) is 2.59. The van der Waals surface area contributed by atoms with Crippen molar-refractivity contribution in [2.45, 2.75) is 13.5 Å². The molecule has 0 N–H and O–H groups in total. The molecule has 0 radical (unpaired) electrons. The average molecular weight is 328 g/mol. The van der Waals surface area contributed by atoms with Crippen molar-refractivity contribution >= 4 is 17.9 Å². The number of carbonyl (C=O) groups excluding carboxylic acids is 1. The van der Waals surface area contributed by atoms with Crippen LogP contribution >= 0.6 is 0 Å². The number of nitrogens with zero attached hydrogens (tertiary/aromatic N) is 2. The van der Waals surface area contributed by atoms with E-state index in [1.54, 1.807) is 43.3 Å². The molecule has 0 aromatic heterocycles. The van der Waals surface area contributed by atoms with Crippen LogP contribution in [0.25, 0.3) is 0 Å². The Morgan fingerprint density at radius 1 is 1.25 bits per heavy atom. The van der Waals surface area contributed by atoms with Crippen molar-refractivity contribution in [3.05, 3.63) is 74.8 Å². The molecule has 0 aliphatic carbocycles. The first-order valence-electron chi connectivity index (χ1n) is 7.09. The van der Waals surface area contributed by atoms with Gasteiger partial charge in [-0.25, -0.2) is 4.79 Å². The Morgan fingerprint density at radius 3 is 2.58 bits per heavy atom. The summed E-state index contributed by atoms with van der Waals surface area (Å²) in [5, 5.41) is 14.7. The molecule has 0 aliphatic heterocycles. The zero-order valence-electron chi connectivity index (χ0n) is 13.3. The van der Waals surface area contributed by atoms with Crippen molar-refractivity contribution in [3.8, 4) is 0 Å². The van der Waals surface area contributed by atoms with E-state index >= 15 is 0 Å². The summed E-state index contributed by atoms with van der Waals surface area (Å²) >= 11 is 0. The predicted molar refractivity (Wildman–Crippen MR) is 88.0 cm³/mol. The Balaban J connectivity index is 1.97. The Labute approximate surface area is 138 Å². The molecule has 7 heteroatoms. The number of esters is 1. The fourth-order valence-electron chi connectivity index (χ4n) is 2.05. The fraction of sp³-hybridized carbons (Fsp3) is 0.176. The largest absolute Gasteiger partial charge is 0.465 e. The van der Waals surface area contributed by atoms with Gasteiger partial charge >= 0.3 is 5.97 Å². The van der Waals surface area contributed by atoms with Crippen molar-refractivity contribution in [1.29, 1.82) is 0 Å². The van der Waals surface area contributed by atoms with E-state index in [9.17, 15) is 14.9 Å². The van der Waals surface area contributed by atoms with Gasteiger partial charge in [0.1, 0.15) is 6.61 Å². The minimum atomic E-state index is -0.426. The highest BCUT2D eigenvalue weighted by Crippen LogP contribution is 2.21. The maximum Gasteiger partial charge on any atom is 0.337 e. The molecule has 0 heterocycles. The van der Waals surface area contributed by atoms with Crippen LogP contribution in [0.3, 0.4) is 0 Å². The van der Waals surface area contributed by atoms with E-state index in [0.29, 0.717) is 16.7 Å². The smallest absolute Gasteiger partial charge is 0.337 e. The van der Waals surface area contributed by atoms with Crippen LogP contribution in [0, 0.1) is 17.0 Å². The third-order valence-electron chi connectivity index (χ3n) is 3.44. The van der Waals surface area contributed by atoms with Crippen LogP contribution in [0.5, 0.6) is 0 Å². The minimum Gasteiger partial charge on any atom is -0.465 e. The molecule has 0 spiro atoms. The lowest BCUT2D eigenvalue weighted by atomic mass is 10.1. The Hall–Kier alpha value is -3.22. The molecule has 7 nitrogen and oxygen atoms in total. The van der Waals surface area contributed by atoms with E-state index < -0.39 is 10.9 Å².